The van der Waals surface area contributed by atoms with Crippen LogP contribution in [0, 0.1) is 0 Å². The van der Waals surface area contributed by atoms with Crippen LogP contribution in [0.15, 0.2) is 48.5 Å². The maximum atomic E-state index is 6.05. The monoisotopic (exact) mass is 370 g/mol. The van der Waals surface area contributed by atoms with Crippen molar-refractivity contribution in [1.29, 1.82) is 0 Å². The van der Waals surface area contributed by atoms with Crippen LogP contribution in [0.4, 0.5) is 0 Å². The van der Waals surface area contributed by atoms with Gasteiger partial charge in [0.05, 0.1) is 0 Å². The van der Waals surface area contributed by atoms with Gasteiger partial charge in [-0.25, -0.2) is 0 Å². The van der Waals surface area contributed by atoms with Crippen LogP contribution in [0.2, 0.25) is 5.02 Å². The van der Waals surface area contributed by atoms with E-state index in [9.17, 15) is 0 Å². The molecule has 1 aliphatic rings. The largest absolute Gasteiger partial charge is 0.303 e. The van der Waals surface area contributed by atoms with Crippen LogP contribution in [0.25, 0.3) is 0 Å². The van der Waals surface area contributed by atoms with E-state index in [4.69, 9.17) is 11.6 Å². The highest BCUT2D eigenvalue weighted by Crippen LogP contribution is 2.20. The van der Waals surface area contributed by atoms with Crippen LogP contribution in [-0.2, 0) is 19.5 Å². The van der Waals surface area contributed by atoms with E-state index >= 15 is 0 Å². The highest BCUT2D eigenvalue weighted by Gasteiger charge is 2.21. The molecule has 1 aliphatic heterocycles. The summed E-state index contributed by atoms with van der Waals surface area (Å²) in [6.07, 6.45) is 5.03. The fourth-order valence-corrected chi connectivity index (χ4v) is 4.00. The van der Waals surface area contributed by atoms with E-state index in [1.807, 2.05) is 12.1 Å². The van der Waals surface area contributed by atoms with Crippen molar-refractivity contribution in [2.75, 3.05) is 20.1 Å². The third-order valence-electron chi connectivity index (χ3n) is 5.61. The first-order valence-corrected chi connectivity index (χ1v) is 10.3. The predicted molar refractivity (Wildman–Crippen MR) is 112 cm³/mol. The molecule has 1 atom stereocenters. The third-order valence-corrected chi connectivity index (χ3v) is 5.86. The van der Waals surface area contributed by atoms with Gasteiger partial charge in [0, 0.05) is 30.7 Å². The molecule has 0 aromatic heterocycles. The number of rotatable bonds is 8. The molecule has 1 unspecified atom stereocenters. The van der Waals surface area contributed by atoms with Gasteiger partial charge in [-0.05, 0) is 68.1 Å². The molecule has 0 spiro atoms. The number of halogens is 1. The average Bonchev–Trinajstić information content (AvgIpc) is 3.07. The summed E-state index contributed by atoms with van der Waals surface area (Å²) in [7, 11) is 2.27. The van der Waals surface area contributed by atoms with E-state index in [-0.39, 0.29) is 0 Å². The van der Waals surface area contributed by atoms with Crippen molar-refractivity contribution in [1.82, 2.24) is 9.80 Å². The lowest BCUT2D eigenvalue weighted by Crippen LogP contribution is -2.31. The van der Waals surface area contributed by atoms with Crippen LogP contribution < -0.4 is 0 Å². The average molecular weight is 371 g/mol. The lowest BCUT2D eigenvalue weighted by atomic mass is 10.1. The van der Waals surface area contributed by atoms with Crippen LogP contribution >= 0.6 is 11.6 Å². The second-order valence-electron chi connectivity index (χ2n) is 7.57. The van der Waals surface area contributed by atoms with Gasteiger partial charge in [0.1, 0.15) is 0 Å². The van der Waals surface area contributed by atoms with E-state index in [2.05, 4.69) is 60.2 Å². The predicted octanol–water partition coefficient (Wildman–Crippen LogP) is 5.39. The smallest absolute Gasteiger partial charge is 0.0406 e. The van der Waals surface area contributed by atoms with Crippen molar-refractivity contribution in [3.63, 3.8) is 0 Å². The summed E-state index contributed by atoms with van der Waals surface area (Å²) in [6.45, 7) is 6.57. The Labute approximate surface area is 163 Å². The van der Waals surface area contributed by atoms with E-state index in [0.29, 0.717) is 0 Å². The molecule has 3 rings (SSSR count). The van der Waals surface area contributed by atoms with Crippen molar-refractivity contribution < 1.29 is 0 Å². The molecule has 1 heterocycles. The number of benzene rings is 2. The highest BCUT2D eigenvalue weighted by molar-refractivity contribution is 6.30. The standard InChI is InChI=1S/C23H31ClN2/c1-3-19-6-8-20(9-7-19)17-26(16-14-23-5-4-15-25(23)2)18-21-10-12-22(24)13-11-21/h6-13,23H,3-5,14-18H2,1-2H3. The molecule has 1 saturated heterocycles. The third kappa shape index (κ3) is 5.57. The Bertz CT molecular complexity index is 666. The summed E-state index contributed by atoms with van der Waals surface area (Å²) in [5, 5.41) is 0.808. The van der Waals surface area contributed by atoms with Crippen LogP contribution in [0.1, 0.15) is 42.9 Å². The lowest BCUT2D eigenvalue weighted by Gasteiger charge is -2.26. The first kappa shape index (κ1) is 19.4. The van der Waals surface area contributed by atoms with E-state index in [1.54, 1.807) is 0 Å². The van der Waals surface area contributed by atoms with Crippen LogP contribution in [0.5, 0.6) is 0 Å². The highest BCUT2D eigenvalue weighted by atomic mass is 35.5. The van der Waals surface area contributed by atoms with E-state index in [0.717, 1.165) is 37.1 Å². The molecule has 2 nitrogen and oxygen atoms in total. The maximum absolute atomic E-state index is 6.05. The molecule has 3 heteroatoms. The van der Waals surface area contributed by atoms with Gasteiger partial charge in [-0.1, -0.05) is 54.9 Å². The number of hydrogen-bond acceptors (Lipinski definition) is 2. The zero-order chi connectivity index (χ0) is 18.4. The zero-order valence-corrected chi connectivity index (χ0v) is 16.9. The summed E-state index contributed by atoms with van der Waals surface area (Å²) < 4.78 is 0. The van der Waals surface area contributed by atoms with Crippen molar-refractivity contribution >= 4 is 11.6 Å². The van der Waals surface area contributed by atoms with Gasteiger partial charge in [-0.15, -0.1) is 0 Å². The summed E-state index contributed by atoms with van der Waals surface area (Å²) >= 11 is 6.05. The van der Waals surface area contributed by atoms with E-state index in [1.165, 1.54) is 42.5 Å². The van der Waals surface area contributed by atoms with Gasteiger partial charge in [0.15, 0.2) is 0 Å². The Balaban J connectivity index is 1.65. The molecule has 0 amide bonds. The molecule has 0 N–H and O–H groups in total. The first-order valence-electron chi connectivity index (χ1n) is 9.89. The Morgan fingerprint density at radius 2 is 1.54 bits per heavy atom. The van der Waals surface area contributed by atoms with Gasteiger partial charge in [-0.2, -0.15) is 0 Å². The molecule has 1 fully saturated rings. The molecule has 0 aliphatic carbocycles. The molecular formula is C23H31ClN2. The molecule has 140 valence electrons. The molecule has 0 bridgehead atoms. The normalized spacial score (nSPS) is 17.9. The summed E-state index contributed by atoms with van der Waals surface area (Å²) in [5.41, 5.74) is 4.14. The first-order chi connectivity index (χ1) is 12.6. The van der Waals surface area contributed by atoms with Crippen molar-refractivity contribution in [2.45, 2.75) is 51.7 Å². The van der Waals surface area contributed by atoms with Crippen molar-refractivity contribution in [3.8, 4) is 0 Å². The fraction of sp³-hybridized carbons (Fsp3) is 0.478. The van der Waals surface area contributed by atoms with Crippen molar-refractivity contribution in [2.24, 2.45) is 0 Å². The lowest BCUT2D eigenvalue weighted by molar-refractivity contribution is 0.211. The fourth-order valence-electron chi connectivity index (χ4n) is 3.88. The minimum absolute atomic E-state index is 0.741. The van der Waals surface area contributed by atoms with Crippen molar-refractivity contribution in [3.05, 3.63) is 70.2 Å². The second kappa shape index (κ2) is 9.55. The van der Waals surface area contributed by atoms with Gasteiger partial charge in [-0.3, -0.25) is 4.90 Å². The molecule has 26 heavy (non-hydrogen) atoms. The number of nitrogens with zero attached hydrogens (tertiary/aromatic N) is 2. The Kier molecular flexibility index (Phi) is 7.13. The molecular weight excluding hydrogens is 340 g/mol. The number of aryl methyl sites for hydroxylation is 1. The van der Waals surface area contributed by atoms with Crippen LogP contribution in [0.3, 0.4) is 0 Å². The summed E-state index contributed by atoms with van der Waals surface area (Å²) in [6, 6.07) is 18.1. The molecule has 0 radical (unpaired) electrons. The van der Waals surface area contributed by atoms with Gasteiger partial charge < -0.3 is 4.90 Å². The number of likely N-dealkylation sites (tertiary alicyclic amines) is 1. The molecule has 0 saturated carbocycles. The topological polar surface area (TPSA) is 6.48 Å². The molecule has 2 aromatic rings. The minimum atomic E-state index is 0.741. The maximum Gasteiger partial charge on any atom is 0.0406 e. The summed E-state index contributed by atoms with van der Waals surface area (Å²) in [5.74, 6) is 0. The molecule has 2 aromatic carbocycles. The minimum Gasteiger partial charge on any atom is -0.303 e. The quantitative estimate of drug-likeness (QED) is 0.614. The van der Waals surface area contributed by atoms with Crippen LogP contribution in [-0.4, -0.2) is 36.0 Å². The SMILES string of the molecule is CCc1ccc(CN(CCC2CCCN2C)Cc2ccc(Cl)cc2)cc1. The van der Waals surface area contributed by atoms with E-state index < -0.39 is 0 Å². The van der Waals surface area contributed by atoms with Gasteiger partial charge in [0.2, 0.25) is 0 Å². The summed E-state index contributed by atoms with van der Waals surface area (Å²) in [4.78, 5) is 5.10. The second-order valence-corrected chi connectivity index (χ2v) is 8.01. The Morgan fingerprint density at radius 3 is 2.08 bits per heavy atom. The Hall–Kier alpha value is -1.35. The van der Waals surface area contributed by atoms with Gasteiger partial charge >= 0.3 is 0 Å². The zero-order valence-electron chi connectivity index (χ0n) is 16.1. The van der Waals surface area contributed by atoms with Gasteiger partial charge in [0.25, 0.3) is 0 Å². The number of hydrogen-bond donors (Lipinski definition) is 0. The Morgan fingerprint density at radius 1 is 0.962 bits per heavy atom.